The molecule has 0 saturated heterocycles. The van der Waals surface area contributed by atoms with Crippen molar-refractivity contribution in [2.24, 2.45) is 0 Å². The van der Waals surface area contributed by atoms with Crippen LogP contribution in [-0.4, -0.2) is 18.5 Å². The smallest absolute Gasteiger partial charge is 0.241 e. The number of hydrogen-bond acceptors (Lipinski definition) is 5. The molecular weight excluding hydrogens is 315 g/mol. The summed E-state index contributed by atoms with van der Waals surface area (Å²) in [6.07, 6.45) is 0. The standard InChI is InChI=1S/C13H15FN2O3S2/c1-8-11(14)3-10(6-17)4-13(8)21(18,19)16-5-12-9(2)15-7-20-12/h3-4,7,16-17H,5-6H2,1-2H3. The summed E-state index contributed by atoms with van der Waals surface area (Å²) in [5, 5.41) is 9.07. The topological polar surface area (TPSA) is 79.3 Å². The van der Waals surface area contributed by atoms with Gasteiger partial charge in [0.05, 0.1) is 22.7 Å². The first-order valence-corrected chi connectivity index (χ1v) is 8.50. The van der Waals surface area contributed by atoms with Gasteiger partial charge in [-0.05, 0) is 31.5 Å². The SMILES string of the molecule is Cc1ncsc1CNS(=O)(=O)c1cc(CO)cc(F)c1C. The van der Waals surface area contributed by atoms with Crippen LogP contribution in [0.15, 0.2) is 22.5 Å². The Balaban J connectivity index is 2.31. The van der Waals surface area contributed by atoms with Gasteiger partial charge in [-0.25, -0.2) is 22.5 Å². The number of halogens is 1. The van der Waals surface area contributed by atoms with Crippen molar-refractivity contribution in [3.05, 3.63) is 45.2 Å². The molecule has 0 aliphatic carbocycles. The van der Waals surface area contributed by atoms with Crippen molar-refractivity contribution in [1.29, 1.82) is 0 Å². The van der Waals surface area contributed by atoms with Crippen LogP contribution in [0.1, 0.15) is 21.7 Å². The lowest BCUT2D eigenvalue weighted by Crippen LogP contribution is -2.24. The Kier molecular flexibility index (Phi) is 4.72. The molecule has 0 saturated carbocycles. The normalized spacial score (nSPS) is 11.8. The van der Waals surface area contributed by atoms with Crippen molar-refractivity contribution in [2.75, 3.05) is 0 Å². The molecule has 0 aliphatic heterocycles. The quantitative estimate of drug-likeness (QED) is 0.877. The fourth-order valence-electron chi connectivity index (χ4n) is 1.81. The summed E-state index contributed by atoms with van der Waals surface area (Å²) >= 11 is 1.35. The number of aliphatic hydroxyl groups is 1. The zero-order valence-electron chi connectivity index (χ0n) is 11.6. The van der Waals surface area contributed by atoms with Gasteiger partial charge in [0.25, 0.3) is 0 Å². The molecule has 0 unspecified atom stereocenters. The van der Waals surface area contributed by atoms with E-state index < -0.39 is 22.4 Å². The Morgan fingerprint density at radius 1 is 1.38 bits per heavy atom. The van der Waals surface area contributed by atoms with Gasteiger partial charge in [-0.2, -0.15) is 0 Å². The van der Waals surface area contributed by atoms with E-state index in [1.165, 1.54) is 24.3 Å². The zero-order valence-corrected chi connectivity index (χ0v) is 13.2. The molecule has 2 N–H and O–H groups in total. The Labute approximate surface area is 126 Å². The van der Waals surface area contributed by atoms with Gasteiger partial charge in [0.15, 0.2) is 0 Å². The first kappa shape index (κ1) is 16.0. The van der Waals surface area contributed by atoms with E-state index in [9.17, 15) is 12.8 Å². The van der Waals surface area contributed by atoms with Gasteiger partial charge in [-0.1, -0.05) is 0 Å². The highest BCUT2D eigenvalue weighted by atomic mass is 32.2. The Bertz CT molecular complexity index is 757. The van der Waals surface area contributed by atoms with Crippen molar-refractivity contribution in [3.63, 3.8) is 0 Å². The van der Waals surface area contributed by atoms with Crippen molar-refractivity contribution in [3.8, 4) is 0 Å². The molecule has 8 heteroatoms. The maximum atomic E-state index is 13.7. The van der Waals surface area contributed by atoms with E-state index in [4.69, 9.17) is 5.11 Å². The number of aliphatic hydroxyl groups excluding tert-OH is 1. The summed E-state index contributed by atoms with van der Waals surface area (Å²) in [5.41, 5.74) is 2.64. The molecule has 114 valence electrons. The van der Waals surface area contributed by atoms with Crippen molar-refractivity contribution >= 4 is 21.4 Å². The number of benzene rings is 1. The van der Waals surface area contributed by atoms with Crippen LogP contribution in [-0.2, 0) is 23.2 Å². The summed E-state index contributed by atoms with van der Waals surface area (Å²) in [7, 11) is -3.86. The molecule has 2 rings (SSSR count). The molecule has 0 fully saturated rings. The Morgan fingerprint density at radius 2 is 2.10 bits per heavy atom. The summed E-state index contributed by atoms with van der Waals surface area (Å²) in [4.78, 5) is 4.68. The van der Waals surface area contributed by atoms with Gasteiger partial charge in [0.2, 0.25) is 10.0 Å². The van der Waals surface area contributed by atoms with Crippen molar-refractivity contribution < 1.29 is 17.9 Å². The molecule has 0 spiro atoms. The van der Waals surface area contributed by atoms with E-state index in [1.807, 2.05) is 0 Å². The third-order valence-electron chi connectivity index (χ3n) is 3.10. The lowest BCUT2D eigenvalue weighted by molar-refractivity contribution is 0.281. The molecule has 1 aromatic carbocycles. The molecule has 0 amide bonds. The maximum Gasteiger partial charge on any atom is 0.241 e. The number of hydrogen-bond donors (Lipinski definition) is 2. The molecule has 5 nitrogen and oxygen atoms in total. The molecule has 0 bridgehead atoms. The summed E-state index contributed by atoms with van der Waals surface area (Å²) in [5.74, 6) is -0.657. The van der Waals surface area contributed by atoms with E-state index >= 15 is 0 Å². The van der Waals surface area contributed by atoms with Gasteiger partial charge in [-0.3, -0.25) is 0 Å². The van der Waals surface area contributed by atoms with Crippen LogP contribution in [0.2, 0.25) is 0 Å². The number of sulfonamides is 1. The highest BCUT2D eigenvalue weighted by molar-refractivity contribution is 7.89. The average molecular weight is 330 g/mol. The van der Waals surface area contributed by atoms with Crippen LogP contribution in [0.4, 0.5) is 4.39 Å². The summed E-state index contributed by atoms with van der Waals surface area (Å²) in [6.45, 7) is 2.86. The third kappa shape index (κ3) is 3.46. The zero-order chi connectivity index (χ0) is 15.6. The fourth-order valence-corrected chi connectivity index (χ4v) is 3.92. The predicted octanol–water partition coefficient (Wildman–Crippen LogP) is 1.87. The number of rotatable bonds is 5. The van der Waals surface area contributed by atoms with E-state index in [0.717, 1.165) is 16.6 Å². The molecule has 2 aromatic rings. The fraction of sp³-hybridized carbons (Fsp3) is 0.308. The van der Waals surface area contributed by atoms with Crippen LogP contribution in [0.3, 0.4) is 0 Å². The number of thiazole rings is 1. The highest BCUT2D eigenvalue weighted by Gasteiger charge is 2.20. The first-order chi connectivity index (χ1) is 9.85. The van der Waals surface area contributed by atoms with Crippen LogP contribution < -0.4 is 4.72 Å². The second-order valence-electron chi connectivity index (χ2n) is 4.54. The second-order valence-corrected chi connectivity index (χ2v) is 7.22. The lowest BCUT2D eigenvalue weighted by Gasteiger charge is -2.11. The van der Waals surface area contributed by atoms with E-state index in [0.29, 0.717) is 0 Å². The monoisotopic (exact) mass is 330 g/mol. The number of nitrogens with one attached hydrogen (secondary N) is 1. The second kappa shape index (κ2) is 6.18. The minimum Gasteiger partial charge on any atom is -0.392 e. The first-order valence-electron chi connectivity index (χ1n) is 6.13. The van der Waals surface area contributed by atoms with Crippen LogP contribution in [0, 0.1) is 19.7 Å². The van der Waals surface area contributed by atoms with Crippen molar-refractivity contribution in [2.45, 2.75) is 31.9 Å². The van der Waals surface area contributed by atoms with Crippen molar-refractivity contribution in [1.82, 2.24) is 9.71 Å². The van der Waals surface area contributed by atoms with Crippen LogP contribution in [0.25, 0.3) is 0 Å². The van der Waals surface area contributed by atoms with Crippen LogP contribution >= 0.6 is 11.3 Å². The van der Waals surface area contributed by atoms with Crippen LogP contribution in [0.5, 0.6) is 0 Å². The highest BCUT2D eigenvalue weighted by Crippen LogP contribution is 2.21. The minimum atomic E-state index is -3.86. The molecule has 0 radical (unpaired) electrons. The molecule has 1 aromatic heterocycles. The summed E-state index contributed by atoms with van der Waals surface area (Å²) < 4.78 is 40.8. The maximum absolute atomic E-state index is 13.7. The Hall–Kier alpha value is -1.35. The molecule has 1 heterocycles. The van der Waals surface area contributed by atoms with E-state index in [2.05, 4.69) is 9.71 Å². The van der Waals surface area contributed by atoms with E-state index in [1.54, 1.807) is 12.4 Å². The summed E-state index contributed by atoms with van der Waals surface area (Å²) in [6, 6.07) is 2.40. The molecule has 0 aliphatic rings. The van der Waals surface area contributed by atoms with Gasteiger partial charge < -0.3 is 5.11 Å². The average Bonchev–Trinajstić information content (AvgIpc) is 2.84. The number of aromatic nitrogens is 1. The molecule has 0 atom stereocenters. The lowest BCUT2D eigenvalue weighted by atomic mass is 10.1. The van der Waals surface area contributed by atoms with Gasteiger partial charge >= 0.3 is 0 Å². The molecule has 21 heavy (non-hydrogen) atoms. The minimum absolute atomic E-state index is 0.0285. The number of nitrogens with zero attached hydrogens (tertiary/aromatic N) is 1. The largest absolute Gasteiger partial charge is 0.392 e. The third-order valence-corrected chi connectivity index (χ3v) is 5.56. The van der Waals surface area contributed by atoms with Gasteiger partial charge in [-0.15, -0.1) is 11.3 Å². The van der Waals surface area contributed by atoms with E-state index in [-0.39, 0.29) is 22.6 Å². The van der Waals surface area contributed by atoms with Gasteiger partial charge in [0.1, 0.15) is 5.82 Å². The predicted molar refractivity (Wildman–Crippen MR) is 77.9 cm³/mol. The number of aryl methyl sites for hydroxylation is 1. The Morgan fingerprint density at radius 3 is 2.67 bits per heavy atom. The molecular formula is C13H15FN2O3S2. The van der Waals surface area contributed by atoms with Gasteiger partial charge in [0, 0.05) is 17.0 Å².